The van der Waals surface area contributed by atoms with E-state index in [2.05, 4.69) is 25.6 Å². The van der Waals surface area contributed by atoms with E-state index in [1.54, 1.807) is 10.7 Å². The van der Waals surface area contributed by atoms with E-state index in [0.29, 0.717) is 25.0 Å². The molecule has 1 aromatic carbocycles. The quantitative estimate of drug-likeness (QED) is 0.424. The summed E-state index contributed by atoms with van der Waals surface area (Å²) in [6.45, 7) is 4.21. The molecule has 3 aromatic heterocycles. The van der Waals surface area contributed by atoms with Crippen LogP contribution >= 0.6 is 0 Å². The number of hydrogen-bond acceptors (Lipinski definition) is 5. The number of primary amides is 1. The number of fused-ring (bicyclic) bond motifs is 1. The lowest BCUT2D eigenvalue weighted by molar-refractivity contribution is -0.121. The number of hydrogen-bond donors (Lipinski definition) is 3. The van der Waals surface area contributed by atoms with Crippen molar-refractivity contribution in [3.8, 4) is 11.3 Å². The third kappa shape index (κ3) is 4.16. The summed E-state index contributed by atoms with van der Waals surface area (Å²) in [7, 11) is 0. The summed E-state index contributed by atoms with van der Waals surface area (Å²) >= 11 is 0. The van der Waals surface area contributed by atoms with E-state index in [4.69, 9.17) is 5.73 Å². The second-order valence-corrected chi connectivity index (χ2v) is 7.36. The summed E-state index contributed by atoms with van der Waals surface area (Å²) in [4.78, 5) is 28.4. The Hall–Kier alpha value is -4.01. The molecule has 0 aliphatic rings. The molecular formula is C22H23N7O2. The lowest BCUT2D eigenvalue weighted by Crippen LogP contribution is -2.23. The number of benzene rings is 1. The van der Waals surface area contributed by atoms with E-state index >= 15 is 0 Å². The number of aromatic nitrogens is 5. The first-order valence-corrected chi connectivity index (χ1v) is 9.93. The largest absolute Gasteiger partial charge is 0.365 e. The average Bonchev–Trinajstić information content (AvgIpc) is 3.42. The maximum absolute atomic E-state index is 12.4. The topological polar surface area (TPSA) is 131 Å². The van der Waals surface area contributed by atoms with Crippen molar-refractivity contribution in [2.24, 2.45) is 5.73 Å². The molecule has 0 atom stereocenters. The number of nitrogens with zero attached hydrogens (tertiary/aromatic N) is 4. The maximum atomic E-state index is 12.4. The van der Waals surface area contributed by atoms with Gasteiger partial charge in [-0.15, -0.1) is 0 Å². The fourth-order valence-electron chi connectivity index (χ4n) is 3.59. The highest BCUT2D eigenvalue weighted by molar-refractivity contribution is 5.98. The van der Waals surface area contributed by atoms with Crippen LogP contribution in [0.3, 0.4) is 0 Å². The van der Waals surface area contributed by atoms with Crippen molar-refractivity contribution < 1.29 is 9.59 Å². The molecule has 4 rings (SSSR count). The van der Waals surface area contributed by atoms with E-state index < -0.39 is 5.91 Å². The van der Waals surface area contributed by atoms with Gasteiger partial charge in [0.25, 0.3) is 5.91 Å². The van der Waals surface area contributed by atoms with E-state index in [9.17, 15) is 9.59 Å². The van der Waals surface area contributed by atoms with Gasteiger partial charge in [0.05, 0.1) is 11.9 Å². The normalized spacial score (nSPS) is 11.0. The molecule has 0 bridgehead atoms. The van der Waals surface area contributed by atoms with Crippen LogP contribution in [0, 0.1) is 13.8 Å². The summed E-state index contributed by atoms with van der Waals surface area (Å²) in [6.07, 6.45) is 3.98. The van der Waals surface area contributed by atoms with Crippen LogP contribution in [0.15, 0.2) is 42.7 Å². The predicted octanol–water partition coefficient (Wildman–Crippen LogP) is 2.08. The predicted molar refractivity (Wildman–Crippen MR) is 115 cm³/mol. The summed E-state index contributed by atoms with van der Waals surface area (Å²) < 4.78 is 1.60. The highest BCUT2D eigenvalue weighted by atomic mass is 16.1. The number of nitrogens with one attached hydrogen (secondary N) is 2. The van der Waals surface area contributed by atoms with Gasteiger partial charge in [0, 0.05) is 30.6 Å². The number of nitrogens with two attached hydrogens (primary N) is 1. The number of aromatic amines is 1. The highest BCUT2D eigenvalue weighted by Crippen LogP contribution is 2.19. The zero-order valence-corrected chi connectivity index (χ0v) is 17.3. The van der Waals surface area contributed by atoms with Gasteiger partial charge in [-0.1, -0.05) is 24.3 Å². The second-order valence-electron chi connectivity index (χ2n) is 7.36. The molecule has 3 heterocycles. The van der Waals surface area contributed by atoms with E-state index in [0.717, 1.165) is 33.8 Å². The van der Waals surface area contributed by atoms with Crippen molar-refractivity contribution >= 4 is 17.5 Å². The van der Waals surface area contributed by atoms with Gasteiger partial charge in [-0.05, 0) is 43.0 Å². The Kier molecular flexibility index (Phi) is 5.48. The van der Waals surface area contributed by atoms with Crippen molar-refractivity contribution in [3.63, 3.8) is 0 Å². The second kappa shape index (κ2) is 8.39. The number of carbonyl (C=O) groups excluding carboxylic acids is 2. The van der Waals surface area contributed by atoms with Gasteiger partial charge in [0.1, 0.15) is 5.56 Å². The maximum Gasteiger partial charge on any atom is 0.254 e. The Labute approximate surface area is 178 Å². The SMILES string of the molecule is Cc1nc2c(C(N)=O)cnn2c(C)c1CCC(=O)NCc1ccc(-c2ccn[nH]2)cc1. The minimum atomic E-state index is -0.564. The van der Waals surface area contributed by atoms with Gasteiger partial charge in [-0.25, -0.2) is 9.50 Å². The molecule has 0 saturated heterocycles. The van der Waals surface area contributed by atoms with E-state index in [-0.39, 0.29) is 11.5 Å². The minimum absolute atomic E-state index is 0.0465. The van der Waals surface area contributed by atoms with Gasteiger partial charge in [-0.3, -0.25) is 14.7 Å². The number of H-pyrrole nitrogens is 1. The molecular weight excluding hydrogens is 394 g/mol. The Morgan fingerprint density at radius 3 is 2.61 bits per heavy atom. The van der Waals surface area contributed by atoms with Crippen molar-refractivity contribution in [2.75, 3.05) is 0 Å². The van der Waals surface area contributed by atoms with Crippen LogP contribution in [0.25, 0.3) is 16.9 Å². The molecule has 0 spiro atoms. The smallest absolute Gasteiger partial charge is 0.254 e. The minimum Gasteiger partial charge on any atom is -0.365 e. The Morgan fingerprint density at radius 1 is 1.16 bits per heavy atom. The van der Waals surface area contributed by atoms with Crippen molar-refractivity contribution in [1.82, 2.24) is 30.1 Å². The molecule has 31 heavy (non-hydrogen) atoms. The molecule has 0 unspecified atom stereocenters. The van der Waals surface area contributed by atoms with Gasteiger partial charge in [0.2, 0.25) is 5.91 Å². The first-order chi connectivity index (χ1) is 14.9. The Morgan fingerprint density at radius 2 is 1.94 bits per heavy atom. The number of rotatable bonds is 7. The van der Waals surface area contributed by atoms with Gasteiger partial charge in [-0.2, -0.15) is 10.2 Å². The lowest BCUT2D eigenvalue weighted by Gasteiger charge is -2.12. The molecule has 9 heteroatoms. The molecule has 0 aliphatic heterocycles. The summed E-state index contributed by atoms with van der Waals surface area (Å²) in [5, 5.41) is 14.1. The van der Waals surface area contributed by atoms with Crippen molar-refractivity contribution in [1.29, 1.82) is 0 Å². The molecule has 0 radical (unpaired) electrons. The van der Waals surface area contributed by atoms with Crippen LogP contribution in [0.2, 0.25) is 0 Å². The number of amides is 2. The number of aryl methyl sites for hydroxylation is 2. The fraction of sp³-hybridized carbons (Fsp3) is 0.227. The standard InChI is InChI=1S/C22H23N7O2/c1-13-17(14(2)29-22(27-13)18(12-26-29)21(23)31)7-8-20(30)24-11-15-3-5-16(6-4-15)19-9-10-25-28-19/h3-6,9-10,12H,7-8,11H2,1-2H3,(H2,23,31)(H,24,30)(H,25,28). The van der Waals surface area contributed by atoms with Gasteiger partial charge < -0.3 is 11.1 Å². The van der Waals surface area contributed by atoms with Crippen LogP contribution < -0.4 is 11.1 Å². The summed E-state index contributed by atoms with van der Waals surface area (Å²) in [5.41, 5.74) is 11.7. The first-order valence-electron chi connectivity index (χ1n) is 9.93. The molecule has 4 aromatic rings. The Balaban J connectivity index is 1.37. The molecule has 0 aliphatic carbocycles. The van der Waals surface area contributed by atoms with Crippen LogP contribution in [0.1, 0.15) is 39.3 Å². The van der Waals surface area contributed by atoms with Crippen LogP contribution in [-0.2, 0) is 17.8 Å². The number of carbonyl (C=O) groups is 2. The molecule has 0 saturated carbocycles. The lowest BCUT2D eigenvalue weighted by atomic mass is 10.1. The third-order valence-corrected chi connectivity index (χ3v) is 5.33. The molecule has 9 nitrogen and oxygen atoms in total. The highest BCUT2D eigenvalue weighted by Gasteiger charge is 2.17. The van der Waals surface area contributed by atoms with E-state index in [1.807, 2.05) is 44.2 Å². The van der Waals surface area contributed by atoms with E-state index in [1.165, 1.54) is 6.20 Å². The zero-order valence-electron chi connectivity index (χ0n) is 17.3. The van der Waals surface area contributed by atoms with Crippen molar-refractivity contribution in [2.45, 2.75) is 33.2 Å². The Bertz CT molecular complexity index is 1240. The summed E-state index contributed by atoms with van der Waals surface area (Å²) in [5.74, 6) is -0.610. The third-order valence-electron chi connectivity index (χ3n) is 5.33. The van der Waals surface area contributed by atoms with Crippen LogP contribution in [0.5, 0.6) is 0 Å². The molecule has 4 N–H and O–H groups in total. The van der Waals surface area contributed by atoms with Gasteiger partial charge >= 0.3 is 0 Å². The first kappa shape index (κ1) is 20.3. The monoisotopic (exact) mass is 417 g/mol. The van der Waals surface area contributed by atoms with Gasteiger partial charge in [0.15, 0.2) is 5.65 Å². The molecule has 2 amide bonds. The van der Waals surface area contributed by atoms with Crippen LogP contribution in [0.4, 0.5) is 0 Å². The zero-order chi connectivity index (χ0) is 22.0. The van der Waals surface area contributed by atoms with Crippen molar-refractivity contribution in [3.05, 3.63) is 70.8 Å². The molecule has 158 valence electrons. The summed E-state index contributed by atoms with van der Waals surface area (Å²) in [6, 6.07) is 9.86. The van der Waals surface area contributed by atoms with Crippen LogP contribution in [-0.4, -0.2) is 36.6 Å². The average molecular weight is 417 g/mol. The fourth-order valence-corrected chi connectivity index (χ4v) is 3.59. The molecule has 0 fully saturated rings.